The minimum atomic E-state index is -3.95. The molecule has 1 amide bonds. The Kier molecular flexibility index (Phi) is 7.56. The van der Waals surface area contributed by atoms with E-state index in [0.717, 1.165) is 6.26 Å². The van der Waals surface area contributed by atoms with Crippen LogP contribution in [0.2, 0.25) is 0 Å². The van der Waals surface area contributed by atoms with Crippen molar-refractivity contribution >= 4 is 43.0 Å². The van der Waals surface area contributed by atoms with Gasteiger partial charge in [0.15, 0.2) is 0 Å². The van der Waals surface area contributed by atoms with Crippen molar-refractivity contribution in [2.24, 2.45) is 0 Å². The Bertz CT molecular complexity index is 1450. The maximum absolute atomic E-state index is 12.8. The summed E-state index contributed by atoms with van der Waals surface area (Å²) in [7, 11) is -4.50. The quantitative estimate of drug-likeness (QED) is 0.393. The summed E-state index contributed by atoms with van der Waals surface area (Å²) in [6.07, 6.45) is 1.04. The molecular formula is C23H25N3O7S2. The maximum atomic E-state index is 12.8. The molecule has 0 aliphatic carbocycles. The average Bonchev–Trinajstić information content (AvgIpc) is 2.79. The second kappa shape index (κ2) is 10.2. The van der Waals surface area contributed by atoms with Crippen LogP contribution in [-0.2, 0) is 20.0 Å². The number of carbonyl (C=O) groups excluding carboxylic acids is 1. The summed E-state index contributed by atoms with van der Waals surface area (Å²) in [6, 6.07) is 14.9. The van der Waals surface area contributed by atoms with Crippen LogP contribution in [0.5, 0.6) is 11.5 Å². The summed E-state index contributed by atoms with van der Waals surface area (Å²) in [5.41, 5.74) is 1.85. The van der Waals surface area contributed by atoms with E-state index in [9.17, 15) is 21.6 Å². The molecule has 3 aromatic carbocycles. The molecule has 0 aliphatic heterocycles. The van der Waals surface area contributed by atoms with Crippen molar-refractivity contribution in [3.63, 3.8) is 0 Å². The van der Waals surface area contributed by atoms with Gasteiger partial charge in [-0.15, -0.1) is 0 Å². The molecule has 0 aliphatic rings. The second-order valence-electron chi connectivity index (χ2n) is 7.55. The van der Waals surface area contributed by atoms with Crippen LogP contribution in [0.1, 0.15) is 15.9 Å². The lowest BCUT2D eigenvalue weighted by Crippen LogP contribution is -2.15. The third-order valence-corrected chi connectivity index (χ3v) is 6.83. The van der Waals surface area contributed by atoms with Gasteiger partial charge in [-0.05, 0) is 67.1 Å². The van der Waals surface area contributed by atoms with E-state index in [1.54, 1.807) is 25.1 Å². The van der Waals surface area contributed by atoms with Gasteiger partial charge in [0.05, 0.1) is 36.7 Å². The predicted octanol–water partition coefficient (Wildman–Crippen LogP) is 3.44. The van der Waals surface area contributed by atoms with E-state index in [2.05, 4.69) is 14.8 Å². The second-order valence-corrected chi connectivity index (χ2v) is 11.0. The van der Waals surface area contributed by atoms with E-state index < -0.39 is 26.0 Å². The minimum Gasteiger partial charge on any atom is -0.497 e. The van der Waals surface area contributed by atoms with Gasteiger partial charge >= 0.3 is 0 Å². The summed E-state index contributed by atoms with van der Waals surface area (Å²) in [4.78, 5) is 12.6. The van der Waals surface area contributed by atoms with Crippen LogP contribution in [0.25, 0.3) is 0 Å². The fourth-order valence-corrected chi connectivity index (χ4v) is 4.83. The molecule has 3 aromatic rings. The van der Waals surface area contributed by atoms with Crippen LogP contribution < -0.4 is 24.2 Å². The molecule has 0 heterocycles. The fraction of sp³-hybridized carbons (Fsp3) is 0.174. The van der Waals surface area contributed by atoms with Crippen LogP contribution in [0.4, 0.5) is 17.1 Å². The van der Waals surface area contributed by atoms with Gasteiger partial charge in [0, 0.05) is 17.3 Å². The highest BCUT2D eigenvalue weighted by Crippen LogP contribution is 2.31. The highest BCUT2D eigenvalue weighted by atomic mass is 32.2. The molecule has 0 saturated heterocycles. The van der Waals surface area contributed by atoms with Gasteiger partial charge in [-0.1, -0.05) is 0 Å². The van der Waals surface area contributed by atoms with E-state index in [1.807, 2.05) is 0 Å². The number of hydrogen-bond acceptors (Lipinski definition) is 7. The molecule has 0 radical (unpaired) electrons. The normalized spacial score (nSPS) is 11.4. The van der Waals surface area contributed by atoms with Crippen LogP contribution >= 0.6 is 0 Å². The first-order valence-electron chi connectivity index (χ1n) is 10.2. The Morgan fingerprint density at radius 2 is 1.49 bits per heavy atom. The first-order chi connectivity index (χ1) is 16.4. The molecule has 0 atom stereocenters. The number of ether oxygens (including phenoxy) is 2. The molecule has 10 nitrogen and oxygen atoms in total. The van der Waals surface area contributed by atoms with Crippen molar-refractivity contribution in [1.82, 2.24) is 0 Å². The summed E-state index contributed by atoms with van der Waals surface area (Å²) >= 11 is 0. The van der Waals surface area contributed by atoms with E-state index in [1.165, 1.54) is 56.7 Å². The topological polar surface area (TPSA) is 140 Å². The molecule has 3 N–H and O–H groups in total. The van der Waals surface area contributed by atoms with Gasteiger partial charge in [-0.25, -0.2) is 16.8 Å². The largest absolute Gasteiger partial charge is 0.497 e. The van der Waals surface area contributed by atoms with Gasteiger partial charge in [-0.2, -0.15) is 0 Å². The Hall–Kier alpha value is -3.77. The average molecular weight is 520 g/mol. The minimum absolute atomic E-state index is 0.0209. The van der Waals surface area contributed by atoms with Gasteiger partial charge in [0.1, 0.15) is 11.5 Å². The summed E-state index contributed by atoms with van der Waals surface area (Å²) in [5, 5.41) is 2.69. The van der Waals surface area contributed by atoms with Gasteiger partial charge < -0.3 is 14.8 Å². The zero-order valence-corrected chi connectivity index (χ0v) is 21.1. The number of hydrogen-bond donors (Lipinski definition) is 3. The number of aryl methyl sites for hydroxylation is 1. The Morgan fingerprint density at radius 3 is 2.06 bits per heavy atom. The van der Waals surface area contributed by atoms with Gasteiger partial charge in [0.25, 0.3) is 15.9 Å². The lowest BCUT2D eigenvalue weighted by Gasteiger charge is -2.13. The summed E-state index contributed by atoms with van der Waals surface area (Å²) in [5.74, 6) is 0.345. The van der Waals surface area contributed by atoms with Crippen molar-refractivity contribution < 1.29 is 31.1 Å². The SMILES string of the molecule is COc1ccc(OC)c(NS(=O)(=O)c2ccc(NC(=O)c3ccc(NS(C)(=O)=O)c(C)c3)cc2)c1. The van der Waals surface area contributed by atoms with Crippen LogP contribution in [0.3, 0.4) is 0 Å². The first kappa shape index (κ1) is 25.8. The molecular weight excluding hydrogens is 494 g/mol. The number of sulfonamides is 2. The van der Waals surface area contributed by atoms with E-state index in [4.69, 9.17) is 9.47 Å². The molecule has 0 aromatic heterocycles. The Balaban J connectivity index is 1.74. The summed E-state index contributed by atoms with van der Waals surface area (Å²) in [6.45, 7) is 1.67. The van der Waals surface area contributed by atoms with E-state index in [-0.39, 0.29) is 10.6 Å². The molecule has 186 valence electrons. The third-order valence-electron chi connectivity index (χ3n) is 4.86. The number of nitrogens with one attached hydrogen (secondary N) is 3. The fourth-order valence-electron chi connectivity index (χ4n) is 3.14. The van der Waals surface area contributed by atoms with Gasteiger partial charge in [0.2, 0.25) is 10.0 Å². The first-order valence-corrected chi connectivity index (χ1v) is 13.5. The molecule has 0 saturated carbocycles. The molecule has 0 fully saturated rings. The van der Waals surface area contributed by atoms with Crippen molar-refractivity contribution in [2.45, 2.75) is 11.8 Å². The summed E-state index contributed by atoms with van der Waals surface area (Å²) < 4.78 is 63.7. The highest BCUT2D eigenvalue weighted by Gasteiger charge is 2.18. The zero-order valence-electron chi connectivity index (χ0n) is 19.4. The van der Waals surface area contributed by atoms with Crippen molar-refractivity contribution in [1.29, 1.82) is 0 Å². The maximum Gasteiger partial charge on any atom is 0.262 e. The van der Waals surface area contributed by atoms with Crippen molar-refractivity contribution in [2.75, 3.05) is 35.2 Å². The standard InChI is InChI=1S/C23H25N3O7S2/c1-15-13-16(5-11-20(15)25-34(4,28)29)23(27)24-17-6-9-19(10-7-17)35(30,31)26-21-14-18(32-2)8-12-22(21)33-3/h5-14,25-26H,1-4H3,(H,24,27). The number of amides is 1. The van der Waals surface area contributed by atoms with Gasteiger partial charge in [-0.3, -0.25) is 14.2 Å². The number of benzene rings is 3. The molecule has 0 spiro atoms. The molecule has 0 bridgehead atoms. The van der Waals surface area contributed by atoms with Crippen molar-refractivity contribution in [3.8, 4) is 11.5 Å². The number of rotatable bonds is 9. The molecule has 35 heavy (non-hydrogen) atoms. The van der Waals surface area contributed by atoms with E-state index >= 15 is 0 Å². The van der Waals surface area contributed by atoms with Crippen LogP contribution in [0.15, 0.2) is 65.6 Å². The molecule has 0 unspecified atom stereocenters. The number of carbonyl (C=O) groups is 1. The predicted molar refractivity (Wildman–Crippen MR) is 134 cm³/mol. The third kappa shape index (κ3) is 6.64. The lowest BCUT2D eigenvalue weighted by molar-refractivity contribution is 0.102. The molecule has 3 rings (SSSR count). The monoisotopic (exact) mass is 519 g/mol. The smallest absolute Gasteiger partial charge is 0.262 e. The van der Waals surface area contributed by atoms with E-state index in [0.29, 0.717) is 34.0 Å². The Morgan fingerprint density at radius 1 is 0.800 bits per heavy atom. The lowest BCUT2D eigenvalue weighted by atomic mass is 10.1. The molecule has 12 heteroatoms. The zero-order chi connectivity index (χ0) is 25.8. The number of anilines is 3. The number of methoxy groups -OCH3 is 2. The van der Waals surface area contributed by atoms with Crippen LogP contribution in [-0.4, -0.2) is 43.2 Å². The van der Waals surface area contributed by atoms with Crippen molar-refractivity contribution in [3.05, 3.63) is 71.8 Å². The Labute approximate surface area is 204 Å². The van der Waals surface area contributed by atoms with Crippen LogP contribution in [0, 0.1) is 6.92 Å². The highest BCUT2D eigenvalue weighted by molar-refractivity contribution is 7.92.